The number of nitrogens with one attached hydrogen (secondary N) is 1. The van der Waals surface area contributed by atoms with Gasteiger partial charge in [0.05, 0.1) is 6.10 Å². The van der Waals surface area contributed by atoms with Gasteiger partial charge in [-0.15, -0.1) is 0 Å². The van der Waals surface area contributed by atoms with Crippen molar-refractivity contribution in [3.8, 4) is 5.69 Å². The molecule has 4 heteroatoms. The van der Waals surface area contributed by atoms with Crippen molar-refractivity contribution in [3.63, 3.8) is 0 Å². The van der Waals surface area contributed by atoms with Gasteiger partial charge in [0, 0.05) is 41.7 Å². The first-order valence-corrected chi connectivity index (χ1v) is 8.89. The fraction of sp³-hybridized carbons (Fsp3) is 0.450. The van der Waals surface area contributed by atoms with Crippen LogP contribution in [0.3, 0.4) is 0 Å². The zero-order valence-electron chi connectivity index (χ0n) is 14.1. The van der Waals surface area contributed by atoms with E-state index in [0.29, 0.717) is 6.10 Å². The Hall–Kier alpha value is -2.07. The average Bonchev–Trinajstić information content (AvgIpc) is 3.06. The van der Waals surface area contributed by atoms with Gasteiger partial charge in [0.2, 0.25) is 0 Å². The highest BCUT2D eigenvalue weighted by atomic mass is 16.5. The number of ether oxygens (including phenoxy) is 1. The van der Waals surface area contributed by atoms with Crippen LogP contribution in [0.25, 0.3) is 5.69 Å². The molecule has 1 amide bonds. The maximum absolute atomic E-state index is 12.6. The van der Waals surface area contributed by atoms with Crippen LogP contribution >= 0.6 is 0 Å². The highest BCUT2D eigenvalue weighted by Crippen LogP contribution is 2.57. The van der Waals surface area contributed by atoms with Crippen molar-refractivity contribution in [1.82, 2.24) is 9.88 Å². The molecule has 24 heavy (non-hydrogen) atoms. The molecule has 126 valence electrons. The first-order valence-electron chi connectivity index (χ1n) is 8.89. The minimum Gasteiger partial charge on any atom is -0.378 e. The van der Waals surface area contributed by atoms with Crippen LogP contribution in [0, 0.1) is 5.41 Å². The maximum atomic E-state index is 12.6. The summed E-state index contributed by atoms with van der Waals surface area (Å²) in [4.78, 5) is 12.6. The second kappa shape index (κ2) is 6.10. The number of nitrogens with zero attached hydrogens (tertiary/aromatic N) is 1. The summed E-state index contributed by atoms with van der Waals surface area (Å²) in [6.07, 6.45) is 8.88. The summed E-state index contributed by atoms with van der Waals surface area (Å²) in [7, 11) is 0. The van der Waals surface area contributed by atoms with Crippen molar-refractivity contribution in [1.29, 1.82) is 0 Å². The van der Waals surface area contributed by atoms with Crippen LogP contribution < -0.4 is 5.32 Å². The van der Waals surface area contributed by atoms with Crippen LogP contribution in [0.15, 0.2) is 48.8 Å². The molecule has 2 aliphatic carbocycles. The lowest BCUT2D eigenvalue weighted by Crippen LogP contribution is -2.67. The van der Waals surface area contributed by atoms with Gasteiger partial charge >= 0.3 is 0 Å². The molecule has 0 bridgehead atoms. The van der Waals surface area contributed by atoms with Gasteiger partial charge in [0.25, 0.3) is 5.91 Å². The third-order valence-electron chi connectivity index (χ3n) is 5.77. The Morgan fingerprint density at radius 1 is 1.25 bits per heavy atom. The van der Waals surface area contributed by atoms with E-state index in [9.17, 15) is 4.79 Å². The van der Waals surface area contributed by atoms with Crippen LogP contribution in [-0.2, 0) is 4.74 Å². The van der Waals surface area contributed by atoms with Gasteiger partial charge in [-0.05, 0) is 62.6 Å². The summed E-state index contributed by atoms with van der Waals surface area (Å²) in [6, 6.07) is 12.0. The van der Waals surface area contributed by atoms with E-state index in [4.69, 9.17) is 4.74 Å². The lowest BCUT2D eigenvalue weighted by molar-refractivity contribution is -0.169. The van der Waals surface area contributed by atoms with Crippen molar-refractivity contribution in [2.45, 2.75) is 44.8 Å². The molecule has 0 saturated heterocycles. The Labute approximate surface area is 142 Å². The molecular formula is C20H24N2O2. The number of hydrogen-bond acceptors (Lipinski definition) is 2. The second-order valence-corrected chi connectivity index (χ2v) is 6.93. The van der Waals surface area contributed by atoms with E-state index in [-0.39, 0.29) is 17.4 Å². The Morgan fingerprint density at radius 2 is 1.96 bits per heavy atom. The number of rotatable bonds is 5. The summed E-state index contributed by atoms with van der Waals surface area (Å²) in [5.41, 5.74) is 1.99. The van der Waals surface area contributed by atoms with Crippen molar-refractivity contribution >= 4 is 5.91 Å². The Morgan fingerprint density at radius 3 is 2.54 bits per heavy atom. The van der Waals surface area contributed by atoms with Crippen molar-refractivity contribution in [2.75, 3.05) is 6.61 Å². The standard InChI is InChI=1S/C20H24N2O2/c1-2-24-18-14-17(20(18)10-5-11-20)21-19(23)15-6-8-16(9-7-15)22-12-3-4-13-22/h3-4,6-9,12-13,17-18H,2,5,10-11,14H2,1H3,(H,21,23)/t17-,18-/m0/s1. The summed E-state index contributed by atoms with van der Waals surface area (Å²) in [5.74, 6) is 0.0280. The Bertz CT molecular complexity index is 702. The lowest BCUT2D eigenvalue weighted by atomic mass is 9.51. The van der Waals surface area contributed by atoms with Gasteiger partial charge in [-0.25, -0.2) is 0 Å². The van der Waals surface area contributed by atoms with Gasteiger partial charge in [-0.2, -0.15) is 0 Å². The van der Waals surface area contributed by atoms with Gasteiger partial charge in [0.15, 0.2) is 0 Å². The second-order valence-electron chi connectivity index (χ2n) is 6.93. The van der Waals surface area contributed by atoms with Gasteiger partial charge in [-0.3, -0.25) is 4.79 Å². The Balaban J connectivity index is 1.42. The zero-order chi connectivity index (χ0) is 16.6. The van der Waals surface area contributed by atoms with E-state index >= 15 is 0 Å². The van der Waals surface area contributed by atoms with Gasteiger partial charge in [-0.1, -0.05) is 6.42 Å². The van der Waals surface area contributed by atoms with E-state index in [1.54, 1.807) is 0 Å². The predicted molar refractivity (Wildman–Crippen MR) is 93.3 cm³/mol. The Kier molecular flexibility index (Phi) is 3.93. The van der Waals surface area contributed by atoms with Crippen molar-refractivity contribution in [3.05, 3.63) is 54.4 Å². The molecule has 1 spiro atoms. The molecule has 0 radical (unpaired) electrons. The van der Waals surface area contributed by atoms with Crippen LogP contribution in [0.4, 0.5) is 0 Å². The van der Waals surface area contributed by atoms with E-state index in [0.717, 1.165) is 24.3 Å². The summed E-state index contributed by atoms with van der Waals surface area (Å²) < 4.78 is 7.89. The largest absolute Gasteiger partial charge is 0.378 e. The first-order chi connectivity index (χ1) is 11.7. The summed E-state index contributed by atoms with van der Waals surface area (Å²) in [5, 5.41) is 3.24. The number of amides is 1. The topological polar surface area (TPSA) is 43.3 Å². The predicted octanol–water partition coefficient (Wildman–Crippen LogP) is 3.55. The molecule has 2 fully saturated rings. The van der Waals surface area contributed by atoms with Gasteiger partial charge < -0.3 is 14.6 Å². The number of carbonyl (C=O) groups is 1. The highest BCUT2D eigenvalue weighted by Gasteiger charge is 2.59. The summed E-state index contributed by atoms with van der Waals surface area (Å²) >= 11 is 0. The van der Waals surface area contributed by atoms with E-state index < -0.39 is 0 Å². The number of carbonyl (C=O) groups excluding carboxylic acids is 1. The number of benzene rings is 1. The van der Waals surface area contributed by atoms with E-state index in [1.165, 1.54) is 19.3 Å². The molecule has 2 saturated carbocycles. The van der Waals surface area contributed by atoms with E-state index in [1.807, 2.05) is 60.3 Å². The minimum atomic E-state index is 0.0280. The molecule has 0 aliphatic heterocycles. The quantitative estimate of drug-likeness (QED) is 0.914. The van der Waals surface area contributed by atoms with E-state index in [2.05, 4.69) is 5.32 Å². The first kappa shape index (κ1) is 15.5. The molecule has 1 N–H and O–H groups in total. The molecule has 1 aromatic carbocycles. The number of hydrogen-bond donors (Lipinski definition) is 1. The fourth-order valence-electron chi connectivity index (χ4n) is 4.17. The van der Waals surface area contributed by atoms with Crippen LogP contribution in [0.5, 0.6) is 0 Å². The van der Waals surface area contributed by atoms with Crippen LogP contribution in [0.1, 0.15) is 43.0 Å². The molecule has 4 rings (SSSR count). The smallest absolute Gasteiger partial charge is 0.251 e. The molecule has 1 heterocycles. The van der Waals surface area contributed by atoms with Crippen LogP contribution in [-0.4, -0.2) is 29.2 Å². The van der Waals surface area contributed by atoms with Crippen molar-refractivity contribution in [2.24, 2.45) is 5.41 Å². The number of aromatic nitrogens is 1. The molecule has 2 atom stereocenters. The SMILES string of the molecule is CCO[C@H]1C[C@H](NC(=O)c2ccc(-n3cccc3)cc2)C12CCC2. The van der Waals surface area contributed by atoms with Gasteiger partial charge in [0.1, 0.15) is 0 Å². The molecule has 0 unspecified atom stereocenters. The molecule has 2 aromatic rings. The van der Waals surface area contributed by atoms with Crippen molar-refractivity contribution < 1.29 is 9.53 Å². The normalized spacial score (nSPS) is 24.2. The minimum absolute atomic E-state index is 0.0280. The third-order valence-corrected chi connectivity index (χ3v) is 5.77. The molecular weight excluding hydrogens is 300 g/mol. The van der Waals surface area contributed by atoms with Crippen LogP contribution in [0.2, 0.25) is 0 Å². The maximum Gasteiger partial charge on any atom is 0.251 e. The molecule has 1 aromatic heterocycles. The molecule has 4 nitrogen and oxygen atoms in total. The average molecular weight is 324 g/mol. The zero-order valence-corrected chi connectivity index (χ0v) is 14.1. The third kappa shape index (κ3) is 2.46. The highest BCUT2D eigenvalue weighted by molar-refractivity contribution is 5.94. The lowest BCUT2D eigenvalue weighted by Gasteiger charge is -2.61. The molecule has 2 aliphatic rings. The fourth-order valence-corrected chi connectivity index (χ4v) is 4.17. The summed E-state index contributed by atoms with van der Waals surface area (Å²) in [6.45, 7) is 2.80. The monoisotopic (exact) mass is 324 g/mol.